The Hall–Kier alpha value is -1.36. The molecule has 4 rings (SSSR count). The fourth-order valence-corrected chi connectivity index (χ4v) is 4.11. The van der Waals surface area contributed by atoms with E-state index in [1.165, 1.54) is 64.5 Å². The average Bonchev–Trinajstić information content (AvgIpc) is 3.47. The summed E-state index contributed by atoms with van der Waals surface area (Å²) in [5, 5.41) is 3.48. The van der Waals surface area contributed by atoms with Gasteiger partial charge in [0.25, 0.3) is 0 Å². The van der Waals surface area contributed by atoms with Crippen LogP contribution in [0.25, 0.3) is 0 Å². The zero-order valence-electron chi connectivity index (χ0n) is 14.8. The molecule has 1 aromatic rings. The van der Waals surface area contributed by atoms with E-state index in [1.807, 2.05) is 0 Å². The summed E-state index contributed by atoms with van der Waals surface area (Å²) in [6.45, 7) is 5.89. The van der Waals surface area contributed by atoms with Crippen LogP contribution in [0.4, 0.5) is 11.6 Å². The van der Waals surface area contributed by atoms with Crippen LogP contribution in [0.5, 0.6) is 0 Å². The van der Waals surface area contributed by atoms with E-state index in [4.69, 9.17) is 0 Å². The number of piperidine rings is 1. The summed E-state index contributed by atoms with van der Waals surface area (Å²) in [5.41, 5.74) is 0. The summed E-state index contributed by atoms with van der Waals surface area (Å²) in [6.07, 6.45) is 12.6. The van der Waals surface area contributed by atoms with Crippen molar-refractivity contribution >= 4 is 11.6 Å². The molecule has 5 nitrogen and oxygen atoms in total. The average molecular weight is 329 g/mol. The maximum absolute atomic E-state index is 4.56. The molecular weight excluding hydrogens is 298 g/mol. The van der Waals surface area contributed by atoms with Gasteiger partial charge in [-0.2, -0.15) is 0 Å². The number of likely N-dealkylation sites (tertiary alicyclic amines) is 1. The molecule has 0 amide bonds. The zero-order chi connectivity index (χ0) is 16.2. The second kappa shape index (κ2) is 7.68. The van der Waals surface area contributed by atoms with Gasteiger partial charge in [-0.1, -0.05) is 12.8 Å². The van der Waals surface area contributed by atoms with Crippen molar-refractivity contribution in [2.75, 3.05) is 42.9 Å². The van der Waals surface area contributed by atoms with E-state index in [2.05, 4.69) is 31.2 Å². The first-order valence-corrected chi connectivity index (χ1v) is 9.93. The Morgan fingerprint density at radius 3 is 2.58 bits per heavy atom. The van der Waals surface area contributed by atoms with E-state index in [-0.39, 0.29) is 0 Å². The van der Waals surface area contributed by atoms with Gasteiger partial charge in [0.05, 0.1) is 0 Å². The minimum Gasteiger partial charge on any atom is -0.370 e. The van der Waals surface area contributed by atoms with E-state index < -0.39 is 0 Å². The number of hydrogen-bond acceptors (Lipinski definition) is 5. The minimum absolute atomic E-state index is 0.703. The lowest BCUT2D eigenvalue weighted by Gasteiger charge is -2.39. The van der Waals surface area contributed by atoms with Gasteiger partial charge in [0.15, 0.2) is 0 Å². The van der Waals surface area contributed by atoms with Gasteiger partial charge in [-0.25, -0.2) is 9.97 Å². The van der Waals surface area contributed by atoms with Gasteiger partial charge >= 0.3 is 0 Å². The molecule has 2 saturated heterocycles. The predicted molar refractivity (Wildman–Crippen MR) is 98.5 cm³/mol. The van der Waals surface area contributed by atoms with Crippen molar-refractivity contribution in [1.82, 2.24) is 14.9 Å². The molecule has 5 heteroatoms. The summed E-state index contributed by atoms with van der Waals surface area (Å²) in [4.78, 5) is 14.2. The van der Waals surface area contributed by atoms with E-state index >= 15 is 0 Å². The molecule has 3 aliphatic rings. The Bertz CT molecular complexity index is 522. The maximum Gasteiger partial charge on any atom is 0.134 e. The summed E-state index contributed by atoms with van der Waals surface area (Å²) in [7, 11) is 0. The van der Waals surface area contributed by atoms with E-state index in [0.29, 0.717) is 6.04 Å². The van der Waals surface area contributed by atoms with Crippen LogP contribution >= 0.6 is 0 Å². The highest BCUT2D eigenvalue weighted by Gasteiger charge is 2.27. The summed E-state index contributed by atoms with van der Waals surface area (Å²) < 4.78 is 0. The van der Waals surface area contributed by atoms with Gasteiger partial charge < -0.3 is 10.2 Å². The number of aromatic nitrogens is 2. The van der Waals surface area contributed by atoms with Crippen LogP contribution in [0, 0.1) is 5.92 Å². The lowest BCUT2D eigenvalue weighted by atomic mass is 10.0. The van der Waals surface area contributed by atoms with E-state index in [9.17, 15) is 0 Å². The molecule has 0 bridgehead atoms. The number of nitrogens with zero attached hydrogens (tertiary/aromatic N) is 4. The molecule has 2 aliphatic heterocycles. The third-order valence-corrected chi connectivity index (χ3v) is 5.80. The SMILES string of the molecule is c1nc(NCC2CC2)cc(N2CCCC(N3CCCCCC3)C2)n1. The van der Waals surface area contributed by atoms with Crippen molar-refractivity contribution < 1.29 is 0 Å². The van der Waals surface area contributed by atoms with Gasteiger partial charge in [0, 0.05) is 31.7 Å². The van der Waals surface area contributed by atoms with Gasteiger partial charge in [0.2, 0.25) is 0 Å². The van der Waals surface area contributed by atoms with Crippen molar-refractivity contribution in [2.45, 2.75) is 57.4 Å². The van der Waals surface area contributed by atoms with Gasteiger partial charge in [0.1, 0.15) is 18.0 Å². The lowest BCUT2D eigenvalue weighted by molar-refractivity contribution is 0.182. The molecule has 1 atom stereocenters. The molecule has 1 aromatic heterocycles. The molecule has 0 spiro atoms. The van der Waals surface area contributed by atoms with Crippen LogP contribution < -0.4 is 10.2 Å². The van der Waals surface area contributed by atoms with Crippen LogP contribution in [0.3, 0.4) is 0 Å². The largest absolute Gasteiger partial charge is 0.370 e. The molecule has 3 heterocycles. The molecule has 1 N–H and O–H groups in total. The molecule has 132 valence electrons. The molecule has 3 fully saturated rings. The molecule has 1 aliphatic carbocycles. The predicted octanol–water partition coefficient (Wildman–Crippen LogP) is 3.14. The number of nitrogens with one attached hydrogen (secondary N) is 1. The highest BCUT2D eigenvalue weighted by molar-refractivity contribution is 5.49. The van der Waals surface area contributed by atoms with Crippen LogP contribution in [0.1, 0.15) is 51.4 Å². The first-order valence-electron chi connectivity index (χ1n) is 9.93. The van der Waals surface area contributed by atoms with Crippen LogP contribution in [0.15, 0.2) is 12.4 Å². The quantitative estimate of drug-likeness (QED) is 0.899. The Balaban J connectivity index is 1.38. The van der Waals surface area contributed by atoms with Crippen LogP contribution in [0.2, 0.25) is 0 Å². The van der Waals surface area contributed by atoms with Gasteiger partial charge in [-0.15, -0.1) is 0 Å². The highest BCUT2D eigenvalue weighted by atomic mass is 15.3. The topological polar surface area (TPSA) is 44.3 Å². The van der Waals surface area contributed by atoms with Gasteiger partial charge in [-0.3, -0.25) is 4.90 Å². The number of anilines is 2. The standard InChI is InChI=1S/C19H31N5/c1-2-4-10-23(9-3-1)17-6-5-11-24(14-17)19-12-18(21-15-22-19)20-13-16-7-8-16/h12,15-17H,1-11,13-14H2,(H,20,21,22). The van der Waals surface area contributed by atoms with Gasteiger partial charge in [-0.05, 0) is 57.5 Å². The summed E-state index contributed by atoms with van der Waals surface area (Å²) in [5.74, 6) is 2.96. The Labute approximate surface area is 145 Å². The molecule has 0 aromatic carbocycles. The Morgan fingerprint density at radius 1 is 0.958 bits per heavy atom. The summed E-state index contributed by atoms with van der Waals surface area (Å²) >= 11 is 0. The van der Waals surface area contributed by atoms with Crippen molar-refractivity contribution in [1.29, 1.82) is 0 Å². The first kappa shape index (κ1) is 16.1. The van der Waals surface area contributed by atoms with Crippen LogP contribution in [-0.4, -0.2) is 53.6 Å². The fourth-order valence-electron chi connectivity index (χ4n) is 4.11. The van der Waals surface area contributed by atoms with Crippen molar-refractivity contribution in [3.8, 4) is 0 Å². The monoisotopic (exact) mass is 329 g/mol. The van der Waals surface area contributed by atoms with E-state index in [0.717, 1.165) is 37.2 Å². The zero-order valence-corrected chi connectivity index (χ0v) is 14.8. The Morgan fingerprint density at radius 2 is 1.79 bits per heavy atom. The Kier molecular flexibility index (Phi) is 5.16. The number of rotatable bonds is 5. The molecular formula is C19H31N5. The number of hydrogen-bond donors (Lipinski definition) is 1. The maximum atomic E-state index is 4.56. The van der Waals surface area contributed by atoms with Crippen molar-refractivity contribution in [3.63, 3.8) is 0 Å². The minimum atomic E-state index is 0.703. The van der Waals surface area contributed by atoms with E-state index in [1.54, 1.807) is 6.33 Å². The smallest absolute Gasteiger partial charge is 0.134 e. The second-order valence-corrected chi connectivity index (χ2v) is 7.78. The molecule has 1 saturated carbocycles. The lowest BCUT2D eigenvalue weighted by Crippen LogP contribution is -2.48. The highest BCUT2D eigenvalue weighted by Crippen LogP contribution is 2.29. The molecule has 0 radical (unpaired) electrons. The molecule has 24 heavy (non-hydrogen) atoms. The summed E-state index contributed by atoms with van der Waals surface area (Å²) in [6, 6.07) is 2.85. The van der Waals surface area contributed by atoms with Crippen molar-refractivity contribution in [3.05, 3.63) is 12.4 Å². The molecule has 1 unspecified atom stereocenters. The third kappa shape index (κ3) is 4.18. The third-order valence-electron chi connectivity index (χ3n) is 5.80. The first-order chi connectivity index (χ1) is 11.9. The fraction of sp³-hybridized carbons (Fsp3) is 0.789. The second-order valence-electron chi connectivity index (χ2n) is 7.78. The normalized spacial score (nSPS) is 26.2. The van der Waals surface area contributed by atoms with Crippen molar-refractivity contribution in [2.24, 2.45) is 5.92 Å². The van der Waals surface area contributed by atoms with Crippen LogP contribution in [-0.2, 0) is 0 Å².